The lowest BCUT2D eigenvalue weighted by molar-refractivity contribution is -0.150. The van der Waals surface area contributed by atoms with Crippen LogP contribution in [0.4, 0.5) is 9.59 Å². The third-order valence-corrected chi connectivity index (χ3v) is 10.9. The molecule has 0 unspecified atom stereocenters. The van der Waals surface area contributed by atoms with Crippen LogP contribution in [0.2, 0.25) is 0 Å². The van der Waals surface area contributed by atoms with Crippen LogP contribution in [0.15, 0.2) is 60.7 Å². The lowest BCUT2D eigenvalue weighted by Crippen LogP contribution is -2.58. The van der Waals surface area contributed by atoms with Gasteiger partial charge in [-0.3, -0.25) is 14.5 Å². The number of carbonyl (C=O) groups excluding carboxylic acids is 4. The van der Waals surface area contributed by atoms with E-state index in [-0.39, 0.29) is 48.7 Å². The van der Waals surface area contributed by atoms with Gasteiger partial charge in [0, 0.05) is 57.6 Å². The van der Waals surface area contributed by atoms with Crippen molar-refractivity contribution in [2.45, 2.75) is 90.9 Å². The predicted molar refractivity (Wildman–Crippen MR) is 206 cm³/mol. The molecule has 4 heterocycles. The number of hydrogen-bond donors (Lipinski definition) is 1. The van der Waals surface area contributed by atoms with Gasteiger partial charge in [0.05, 0.1) is 25.9 Å². The molecule has 13 nitrogen and oxygen atoms in total. The summed E-state index contributed by atoms with van der Waals surface area (Å²) < 4.78 is 23.6. The van der Waals surface area contributed by atoms with Gasteiger partial charge >= 0.3 is 12.2 Å². The fraction of sp³-hybridized carbons (Fsp3) is 0.619. The summed E-state index contributed by atoms with van der Waals surface area (Å²) in [5.41, 5.74) is 0.706. The van der Waals surface area contributed by atoms with E-state index in [4.69, 9.17) is 18.9 Å². The first-order valence-corrected chi connectivity index (χ1v) is 19.6. The molecule has 0 radical (unpaired) electrons. The summed E-state index contributed by atoms with van der Waals surface area (Å²) in [6, 6.07) is 17.5. The number of nitrogens with zero attached hydrogens (tertiary/aromatic N) is 4. The molecule has 4 atom stereocenters. The summed E-state index contributed by atoms with van der Waals surface area (Å²) >= 11 is 0. The molecule has 0 saturated carbocycles. The van der Waals surface area contributed by atoms with E-state index in [1.807, 2.05) is 107 Å². The summed E-state index contributed by atoms with van der Waals surface area (Å²) in [6.45, 7) is 17.1. The van der Waals surface area contributed by atoms with Gasteiger partial charge in [0.1, 0.15) is 30.4 Å². The quantitative estimate of drug-likeness (QED) is 0.361. The molecule has 6 rings (SSSR count). The fourth-order valence-corrected chi connectivity index (χ4v) is 8.11. The van der Waals surface area contributed by atoms with Crippen molar-refractivity contribution in [3.8, 4) is 0 Å². The van der Waals surface area contributed by atoms with E-state index in [0.29, 0.717) is 52.4 Å². The zero-order chi connectivity index (χ0) is 39.4. The number of morpholine rings is 1. The highest BCUT2D eigenvalue weighted by molar-refractivity contribution is 5.92. The second-order valence-corrected chi connectivity index (χ2v) is 17.7. The number of amides is 4. The van der Waals surface area contributed by atoms with Crippen LogP contribution in [0.25, 0.3) is 0 Å². The van der Waals surface area contributed by atoms with Crippen LogP contribution in [-0.2, 0) is 35.1 Å². The summed E-state index contributed by atoms with van der Waals surface area (Å²) in [4.78, 5) is 62.2. The normalized spacial score (nSPS) is 23.3. The third-order valence-electron chi connectivity index (χ3n) is 10.9. The minimum absolute atomic E-state index is 0.0677. The van der Waals surface area contributed by atoms with Crippen molar-refractivity contribution in [3.63, 3.8) is 0 Å². The number of benzene rings is 2. The average Bonchev–Trinajstić information content (AvgIpc) is 3.78. The summed E-state index contributed by atoms with van der Waals surface area (Å²) in [5.74, 6) is -0.495. The molecule has 4 saturated heterocycles. The SMILES string of the molecule is CC(C)(C)OC(=O)N1CCC2(CN(CCO[C@H]3C[C@@H](C(=O)N4CCO[C@H](c5ccccc5)C4)N(C(=O)[C@@H](NC(=O)OCc4ccccc4)C(C)(C)C)C3)C2)C1. The van der Waals surface area contributed by atoms with Crippen molar-refractivity contribution >= 4 is 24.0 Å². The second-order valence-electron chi connectivity index (χ2n) is 17.7. The Labute approximate surface area is 325 Å². The molecular weight excluding hydrogens is 702 g/mol. The first-order valence-electron chi connectivity index (χ1n) is 19.6. The number of hydrogen-bond acceptors (Lipinski definition) is 9. The molecule has 4 fully saturated rings. The number of ether oxygens (including phenoxy) is 4. The summed E-state index contributed by atoms with van der Waals surface area (Å²) in [6.07, 6.45) is -0.287. The molecule has 0 aromatic heterocycles. The molecule has 1 N–H and O–H groups in total. The molecule has 1 spiro atoms. The van der Waals surface area contributed by atoms with Crippen molar-refractivity contribution < 1.29 is 38.1 Å². The number of likely N-dealkylation sites (tertiary alicyclic amines) is 3. The van der Waals surface area contributed by atoms with Gasteiger partial charge < -0.3 is 39.0 Å². The van der Waals surface area contributed by atoms with E-state index in [1.54, 1.807) is 9.80 Å². The summed E-state index contributed by atoms with van der Waals surface area (Å²) in [7, 11) is 0. The van der Waals surface area contributed by atoms with Crippen molar-refractivity contribution in [1.29, 1.82) is 0 Å². The monoisotopic (exact) mass is 761 g/mol. The Bertz CT molecular complexity index is 1640. The molecule has 4 amide bonds. The highest BCUT2D eigenvalue weighted by Gasteiger charge is 2.50. The Balaban J connectivity index is 1.09. The van der Waals surface area contributed by atoms with Gasteiger partial charge in [0.2, 0.25) is 11.8 Å². The minimum Gasteiger partial charge on any atom is -0.445 e. The predicted octanol–water partition coefficient (Wildman–Crippen LogP) is 4.86. The van der Waals surface area contributed by atoms with E-state index in [0.717, 1.165) is 30.6 Å². The second kappa shape index (κ2) is 16.9. The van der Waals surface area contributed by atoms with E-state index >= 15 is 0 Å². The lowest BCUT2D eigenvalue weighted by atomic mass is 9.79. The van der Waals surface area contributed by atoms with Crippen molar-refractivity contribution in [3.05, 3.63) is 71.8 Å². The highest BCUT2D eigenvalue weighted by atomic mass is 16.6. The van der Waals surface area contributed by atoms with Gasteiger partial charge in [-0.25, -0.2) is 9.59 Å². The van der Waals surface area contributed by atoms with Gasteiger partial charge in [0.25, 0.3) is 0 Å². The van der Waals surface area contributed by atoms with E-state index < -0.39 is 29.2 Å². The van der Waals surface area contributed by atoms with Gasteiger partial charge in [-0.05, 0) is 43.7 Å². The molecule has 4 aliphatic heterocycles. The number of alkyl carbamates (subject to hydrolysis) is 1. The Morgan fingerprint density at radius 1 is 0.891 bits per heavy atom. The number of rotatable bonds is 10. The molecule has 2 aromatic carbocycles. The first kappa shape index (κ1) is 40.5. The molecular formula is C42H59N5O8. The van der Waals surface area contributed by atoms with Crippen LogP contribution < -0.4 is 5.32 Å². The number of nitrogens with one attached hydrogen (secondary N) is 1. The molecule has 55 heavy (non-hydrogen) atoms. The van der Waals surface area contributed by atoms with E-state index in [2.05, 4.69) is 10.2 Å². The van der Waals surface area contributed by atoms with Crippen molar-refractivity contribution in [2.75, 3.05) is 65.6 Å². The van der Waals surface area contributed by atoms with Crippen LogP contribution in [-0.4, -0.2) is 133 Å². The topological polar surface area (TPSA) is 130 Å². The zero-order valence-corrected chi connectivity index (χ0v) is 33.3. The average molecular weight is 762 g/mol. The van der Waals surface area contributed by atoms with Gasteiger partial charge in [-0.1, -0.05) is 81.4 Å². The highest BCUT2D eigenvalue weighted by Crippen LogP contribution is 2.40. The Hall–Kier alpha value is -4.20. The maximum absolute atomic E-state index is 14.5. The van der Waals surface area contributed by atoms with Gasteiger partial charge in [-0.15, -0.1) is 0 Å². The molecule has 2 aromatic rings. The Morgan fingerprint density at radius 3 is 2.25 bits per heavy atom. The minimum atomic E-state index is -0.949. The Kier molecular flexibility index (Phi) is 12.4. The zero-order valence-electron chi connectivity index (χ0n) is 33.3. The largest absolute Gasteiger partial charge is 0.445 e. The molecule has 300 valence electrons. The van der Waals surface area contributed by atoms with Gasteiger partial charge in [0.15, 0.2) is 0 Å². The lowest BCUT2D eigenvalue weighted by Gasteiger charge is -2.48. The van der Waals surface area contributed by atoms with Crippen LogP contribution in [0.3, 0.4) is 0 Å². The molecule has 0 bridgehead atoms. The van der Waals surface area contributed by atoms with Crippen LogP contribution in [0.1, 0.15) is 71.6 Å². The third kappa shape index (κ3) is 10.4. The fourth-order valence-electron chi connectivity index (χ4n) is 8.11. The summed E-state index contributed by atoms with van der Waals surface area (Å²) in [5, 5.41) is 2.83. The molecule has 0 aliphatic carbocycles. The maximum Gasteiger partial charge on any atom is 0.410 e. The molecule has 13 heteroatoms. The smallest absolute Gasteiger partial charge is 0.410 e. The Morgan fingerprint density at radius 2 is 1.58 bits per heavy atom. The maximum atomic E-state index is 14.5. The number of carbonyl (C=O) groups is 4. The molecule has 4 aliphatic rings. The van der Waals surface area contributed by atoms with E-state index in [9.17, 15) is 19.2 Å². The first-order chi connectivity index (χ1) is 26.1. The van der Waals surface area contributed by atoms with Crippen LogP contribution in [0, 0.1) is 10.8 Å². The standard InChI is InChI=1S/C42H59N5O8/c1-40(2,3)35(43-38(50)54-26-30-13-9-7-10-14-30)37(49)47-24-32(23-33(47)36(48)45-20-22-53-34(25-45)31-15-11-8-12-16-31)52-21-19-44-27-42(28-44)17-18-46(29-42)39(51)55-41(4,5)6/h7-16,32-35H,17-29H2,1-6H3,(H,43,50)/t32-,33-,34-,35+/m0/s1. The van der Waals surface area contributed by atoms with E-state index in [1.165, 1.54) is 0 Å². The van der Waals surface area contributed by atoms with Crippen molar-refractivity contribution in [2.24, 2.45) is 10.8 Å². The van der Waals surface area contributed by atoms with Crippen molar-refractivity contribution in [1.82, 2.24) is 24.9 Å². The van der Waals surface area contributed by atoms with Gasteiger partial charge in [-0.2, -0.15) is 0 Å². The van der Waals surface area contributed by atoms with Crippen LogP contribution >= 0.6 is 0 Å². The van der Waals surface area contributed by atoms with Crippen LogP contribution in [0.5, 0.6) is 0 Å².